The molecule has 2 aliphatic rings. The van der Waals surface area contributed by atoms with Crippen LogP contribution in [0.25, 0.3) is 0 Å². The van der Waals surface area contributed by atoms with Crippen LogP contribution in [0.4, 0.5) is 4.39 Å². The zero-order valence-corrected chi connectivity index (χ0v) is 13.5. The van der Waals surface area contributed by atoms with Crippen LogP contribution in [0.3, 0.4) is 0 Å². The van der Waals surface area contributed by atoms with E-state index in [0.717, 1.165) is 51.4 Å². The Bertz CT molecular complexity index is 317. The highest BCUT2D eigenvalue weighted by atomic mass is 19.1. The summed E-state index contributed by atoms with van der Waals surface area (Å²) in [6.07, 6.45) is 12.0. The lowest BCUT2D eigenvalue weighted by molar-refractivity contribution is -0.179. The second kappa shape index (κ2) is 8.14. The van der Waals surface area contributed by atoms with Gasteiger partial charge in [-0.1, -0.05) is 45.4 Å². The zero-order chi connectivity index (χ0) is 15.1. The van der Waals surface area contributed by atoms with Gasteiger partial charge in [0.25, 0.3) is 0 Å². The maximum Gasteiger partial charge on any atom is 0.341 e. The van der Waals surface area contributed by atoms with Crippen LogP contribution in [-0.2, 0) is 9.53 Å². The van der Waals surface area contributed by atoms with Crippen molar-refractivity contribution in [3.8, 4) is 0 Å². The fourth-order valence-corrected chi connectivity index (χ4v) is 4.14. The average molecular weight is 298 g/mol. The van der Waals surface area contributed by atoms with Crippen LogP contribution < -0.4 is 0 Å². The first-order valence-corrected chi connectivity index (χ1v) is 9.05. The maximum absolute atomic E-state index is 14.0. The summed E-state index contributed by atoms with van der Waals surface area (Å²) in [4.78, 5) is 12.2. The molecule has 21 heavy (non-hydrogen) atoms. The molecular weight excluding hydrogens is 267 g/mol. The third kappa shape index (κ3) is 4.43. The van der Waals surface area contributed by atoms with Crippen LogP contribution in [0.5, 0.6) is 0 Å². The molecule has 0 aromatic heterocycles. The second-order valence-corrected chi connectivity index (χ2v) is 6.99. The van der Waals surface area contributed by atoms with Gasteiger partial charge in [-0.15, -0.1) is 0 Å². The highest BCUT2D eigenvalue weighted by molar-refractivity contribution is 5.75. The van der Waals surface area contributed by atoms with Gasteiger partial charge in [0.1, 0.15) is 5.60 Å². The summed E-state index contributed by atoms with van der Waals surface area (Å²) < 4.78 is 19.9. The minimum atomic E-state index is -1.42. The Labute approximate surface area is 128 Å². The van der Waals surface area contributed by atoms with Crippen LogP contribution in [-0.4, -0.2) is 17.7 Å². The third-order valence-corrected chi connectivity index (χ3v) is 5.42. The molecule has 2 fully saturated rings. The van der Waals surface area contributed by atoms with Crippen LogP contribution in [0, 0.1) is 5.92 Å². The maximum atomic E-state index is 14.0. The number of ether oxygens (including phenoxy) is 1. The van der Waals surface area contributed by atoms with Gasteiger partial charge in [0, 0.05) is 0 Å². The summed E-state index contributed by atoms with van der Waals surface area (Å²) >= 11 is 0. The Hall–Kier alpha value is -0.600. The number of hydrogen-bond acceptors (Lipinski definition) is 2. The first-order valence-electron chi connectivity index (χ1n) is 9.05. The minimum Gasteiger partial charge on any atom is -0.457 e. The Morgan fingerprint density at radius 1 is 1.14 bits per heavy atom. The van der Waals surface area contributed by atoms with Crippen LogP contribution in [0.15, 0.2) is 0 Å². The largest absolute Gasteiger partial charge is 0.457 e. The van der Waals surface area contributed by atoms with Gasteiger partial charge >= 0.3 is 5.97 Å². The van der Waals surface area contributed by atoms with E-state index >= 15 is 0 Å². The van der Waals surface area contributed by atoms with E-state index in [0.29, 0.717) is 12.3 Å². The van der Waals surface area contributed by atoms with Crippen molar-refractivity contribution in [2.45, 2.75) is 102 Å². The summed E-state index contributed by atoms with van der Waals surface area (Å²) in [7, 11) is 0. The Morgan fingerprint density at radius 3 is 2.38 bits per heavy atom. The van der Waals surface area contributed by atoms with Crippen molar-refractivity contribution in [3.63, 3.8) is 0 Å². The normalized spacial score (nSPS) is 24.5. The van der Waals surface area contributed by atoms with Crippen molar-refractivity contribution in [2.75, 3.05) is 0 Å². The van der Waals surface area contributed by atoms with Crippen molar-refractivity contribution in [1.29, 1.82) is 0 Å². The number of hydrogen-bond donors (Lipinski definition) is 0. The minimum absolute atomic E-state index is 0.316. The molecule has 0 aromatic rings. The van der Waals surface area contributed by atoms with Crippen LogP contribution in [0.1, 0.15) is 90.4 Å². The molecule has 0 radical (unpaired) electrons. The Kier molecular flexibility index (Phi) is 6.50. The quantitative estimate of drug-likeness (QED) is 0.619. The molecular formula is C18H31FO2. The van der Waals surface area contributed by atoms with Gasteiger partial charge in [-0.2, -0.15) is 0 Å². The summed E-state index contributed by atoms with van der Waals surface area (Å²) in [6, 6.07) is 0. The Morgan fingerprint density at radius 2 is 1.76 bits per heavy atom. The molecule has 0 N–H and O–H groups in total. The summed E-state index contributed by atoms with van der Waals surface area (Å²) in [5.41, 5.74) is -0.341. The highest BCUT2D eigenvalue weighted by Gasteiger charge is 2.44. The third-order valence-electron chi connectivity index (χ3n) is 5.42. The standard InChI is InChI=1S/C18H31FO2/c1-2-3-12-16(19)17(20)21-18(13-8-5-9-14-18)15-10-6-4-7-11-15/h15-16H,2-14H2,1H3/t16-/m0/s1. The van der Waals surface area contributed by atoms with Crippen LogP contribution >= 0.6 is 0 Å². The number of carbonyl (C=O) groups excluding carboxylic acids is 1. The molecule has 0 amide bonds. The van der Waals surface area contributed by atoms with E-state index in [-0.39, 0.29) is 5.60 Å². The number of unbranched alkanes of at least 4 members (excludes halogenated alkanes) is 1. The van der Waals surface area contributed by atoms with E-state index in [1.165, 1.54) is 25.7 Å². The van der Waals surface area contributed by atoms with E-state index in [1.807, 2.05) is 6.92 Å². The highest BCUT2D eigenvalue weighted by Crippen LogP contribution is 2.44. The lowest BCUT2D eigenvalue weighted by Crippen LogP contribution is -2.46. The number of esters is 1. The Balaban J connectivity index is 1.99. The van der Waals surface area contributed by atoms with Crippen molar-refractivity contribution < 1.29 is 13.9 Å². The molecule has 0 spiro atoms. The van der Waals surface area contributed by atoms with E-state index in [9.17, 15) is 9.18 Å². The summed E-state index contributed by atoms with van der Waals surface area (Å²) in [5, 5.41) is 0. The average Bonchev–Trinajstić information content (AvgIpc) is 2.54. The lowest BCUT2D eigenvalue weighted by Gasteiger charge is -2.44. The summed E-state index contributed by atoms with van der Waals surface area (Å²) in [5.74, 6) is -0.121. The van der Waals surface area contributed by atoms with Gasteiger partial charge in [0.2, 0.25) is 0 Å². The monoisotopic (exact) mass is 298 g/mol. The SMILES string of the molecule is CCCC[C@H](F)C(=O)OC1(C2CCCCC2)CCCCC1. The van der Waals surface area contributed by atoms with Crippen molar-refractivity contribution >= 4 is 5.97 Å². The number of rotatable bonds is 6. The van der Waals surface area contributed by atoms with Gasteiger partial charge in [-0.3, -0.25) is 0 Å². The van der Waals surface area contributed by atoms with Crippen LogP contribution in [0.2, 0.25) is 0 Å². The molecule has 0 aromatic carbocycles. The molecule has 2 nitrogen and oxygen atoms in total. The van der Waals surface area contributed by atoms with Gasteiger partial charge in [0.15, 0.2) is 6.17 Å². The van der Waals surface area contributed by atoms with E-state index in [1.54, 1.807) is 0 Å². The van der Waals surface area contributed by atoms with E-state index < -0.39 is 12.1 Å². The number of halogens is 1. The number of carbonyl (C=O) groups is 1. The summed E-state index contributed by atoms with van der Waals surface area (Å²) in [6.45, 7) is 2.02. The number of alkyl halides is 1. The first-order chi connectivity index (χ1) is 10.2. The molecule has 2 saturated carbocycles. The first kappa shape index (κ1) is 16.8. The molecule has 0 heterocycles. The zero-order valence-electron chi connectivity index (χ0n) is 13.5. The molecule has 122 valence electrons. The topological polar surface area (TPSA) is 26.3 Å². The molecule has 0 aliphatic heterocycles. The second-order valence-electron chi connectivity index (χ2n) is 6.99. The van der Waals surface area contributed by atoms with Gasteiger partial charge in [0.05, 0.1) is 0 Å². The fourth-order valence-electron chi connectivity index (χ4n) is 4.14. The van der Waals surface area contributed by atoms with Crippen molar-refractivity contribution in [3.05, 3.63) is 0 Å². The van der Waals surface area contributed by atoms with Gasteiger partial charge in [-0.25, -0.2) is 9.18 Å². The van der Waals surface area contributed by atoms with Crippen molar-refractivity contribution in [1.82, 2.24) is 0 Å². The molecule has 0 saturated heterocycles. The van der Waals surface area contributed by atoms with E-state index in [2.05, 4.69) is 0 Å². The lowest BCUT2D eigenvalue weighted by atomic mass is 9.69. The van der Waals surface area contributed by atoms with Gasteiger partial charge < -0.3 is 4.74 Å². The molecule has 0 unspecified atom stereocenters. The van der Waals surface area contributed by atoms with Crippen molar-refractivity contribution in [2.24, 2.45) is 5.92 Å². The predicted octanol–water partition coefficient (Wildman–Crippen LogP) is 5.34. The molecule has 0 bridgehead atoms. The smallest absolute Gasteiger partial charge is 0.341 e. The van der Waals surface area contributed by atoms with E-state index in [4.69, 9.17) is 4.74 Å². The fraction of sp³-hybridized carbons (Fsp3) is 0.944. The van der Waals surface area contributed by atoms with Gasteiger partial charge in [-0.05, 0) is 50.9 Å². The predicted molar refractivity (Wildman–Crippen MR) is 82.9 cm³/mol. The molecule has 3 heteroatoms. The molecule has 1 atom stereocenters. The molecule has 2 rings (SSSR count). The molecule has 2 aliphatic carbocycles.